The van der Waals surface area contributed by atoms with E-state index >= 15 is 0 Å². The minimum Gasteiger partial charge on any atom is -0.496 e. The zero-order valence-electron chi connectivity index (χ0n) is 11.2. The first-order valence-electron chi connectivity index (χ1n) is 6.32. The smallest absolute Gasteiger partial charge is 0.305 e. The summed E-state index contributed by atoms with van der Waals surface area (Å²) in [6.07, 6.45) is -0.0754. The van der Waals surface area contributed by atoms with Gasteiger partial charge >= 0.3 is 5.97 Å². The molecular weight excluding hydrogens is 254 g/mol. The molecule has 0 heterocycles. The second-order valence-electron chi connectivity index (χ2n) is 4.53. The van der Waals surface area contributed by atoms with Gasteiger partial charge in [-0.3, -0.25) is 4.79 Å². The van der Waals surface area contributed by atoms with Crippen LogP contribution >= 0.6 is 0 Å². The molecule has 0 bridgehead atoms. The largest absolute Gasteiger partial charge is 0.496 e. The highest BCUT2D eigenvalue weighted by Gasteiger charge is 2.11. The van der Waals surface area contributed by atoms with Crippen molar-refractivity contribution >= 4 is 5.97 Å². The molecule has 3 N–H and O–H groups in total. The summed E-state index contributed by atoms with van der Waals surface area (Å²) in [5, 5.41) is 8.75. The van der Waals surface area contributed by atoms with E-state index in [-0.39, 0.29) is 6.42 Å². The Balaban J connectivity index is 2.26. The topological polar surface area (TPSA) is 72.5 Å². The van der Waals surface area contributed by atoms with E-state index in [4.69, 9.17) is 15.6 Å². The van der Waals surface area contributed by atoms with Crippen molar-refractivity contribution < 1.29 is 14.6 Å². The van der Waals surface area contributed by atoms with Gasteiger partial charge in [-0.1, -0.05) is 42.5 Å². The van der Waals surface area contributed by atoms with Crippen molar-refractivity contribution in [3.8, 4) is 16.9 Å². The van der Waals surface area contributed by atoms with Gasteiger partial charge in [0.1, 0.15) is 5.75 Å². The molecule has 2 aromatic carbocycles. The molecule has 0 aromatic heterocycles. The fourth-order valence-corrected chi connectivity index (χ4v) is 2.10. The summed E-state index contributed by atoms with van der Waals surface area (Å²) in [7, 11) is 1.63. The van der Waals surface area contributed by atoms with Crippen molar-refractivity contribution in [1.29, 1.82) is 0 Å². The Hall–Kier alpha value is -2.33. The number of para-hydroxylation sites is 1. The molecule has 0 aliphatic rings. The predicted molar refractivity (Wildman–Crippen MR) is 77.6 cm³/mol. The summed E-state index contributed by atoms with van der Waals surface area (Å²) >= 11 is 0. The summed E-state index contributed by atoms with van der Waals surface area (Å²) in [6, 6.07) is 14.8. The lowest BCUT2D eigenvalue weighted by Gasteiger charge is -2.12. The van der Waals surface area contributed by atoms with Crippen LogP contribution in [0.4, 0.5) is 0 Å². The first-order valence-corrected chi connectivity index (χ1v) is 6.32. The molecule has 0 aliphatic heterocycles. The van der Waals surface area contributed by atoms with Crippen molar-refractivity contribution in [3.63, 3.8) is 0 Å². The van der Waals surface area contributed by atoms with Gasteiger partial charge in [0.15, 0.2) is 0 Å². The maximum Gasteiger partial charge on any atom is 0.305 e. The molecule has 4 nitrogen and oxygen atoms in total. The van der Waals surface area contributed by atoms with Crippen LogP contribution in [0.5, 0.6) is 5.75 Å². The monoisotopic (exact) mass is 271 g/mol. The molecule has 0 amide bonds. The van der Waals surface area contributed by atoms with Gasteiger partial charge in [0.2, 0.25) is 0 Å². The van der Waals surface area contributed by atoms with Crippen LogP contribution in [0.15, 0.2) is 48.5 Å². The minimum atomic E-state index is -0.897. The zero-order chi connectivity index (χ0) is 14.5. The van der Waals surface area contributed by atoms with Gasteiger partial charge in [-0.15, -0.1) is 0 Å². The lowest BCUT2D eigenvalue weighted by molar-refractivity contribution is -0.137. The normalized spacial score (nSPS) is 11.9. The maximum atomic E-state index is 10.7. The Morgan fingerprint density at radius 2 is 1.85 bits per heavy atom. The highest BCUT2D eigenvalue weighted by Crippen LogP contribution is 2.30. The van der Waals surface area contributed by atoms with Gasteiger partial charge in [-0.05, 0) is 17.2 Å². The van der Waals surface area contributed by atoms with Gasteiger partial charge in [0.05, 0.1) is 13.5 Å². The predicted octanol–water partition coefficient (Wildman–Crippen LogP) is 2.84. The lowest BCUT2D eigenvalue weighted by Crippen LogP contribution is -2.14. The van der Waals surface area contributed by atoms with E-state index in [1.807, 2.05) is 48.5 Å². The summed E-state index contributed by atoms with van der Waals surface area (Å²) < 4.78 is 5.33. The third-order valence-corrected chi connectivity index (χ3v) is 3.15. The Kier molecular flexibility index (Phi) is 4.38. The second kappa shape index (κ2) is 6.21. The van der Waals surface area contributed by atoms with Crippen molar-refractivity contribution in [2.75, 3.05) is 7.11 Å². The zero-order valence-corrected chi connectivity index (χ0v) is 11.2. The highest BCUT2D eigenvalue weighted by atomic mass is 16.5. The van der Waals surface area contributed by atoms with Crippen molar-refractivity contribution in [2.45, 2.75) is 12.5 Å². The molecule has 4 heteroatoms. The van der Waals surface area contributed by atoms with Crippen molar-refractivity contribution in [1.82, 2.24) is 0 Å². The number of aliphatic carboxylic acids is 1. The molecule has 0 spiro atoms. The van der Waals surface area contributed by atoms with Crippen LogP contribution in [0.25, 0.3) is 11.1 Å². The van der Waals surface area contributed by atoms with Gasteiger partial charge in [0, 0.05) is 11.6 Å². The standard InChI is InChI=1S/C16H17NO3/c1-20-15-5-3-2-4-13(15)11-6-8-12(9-7-11)14(17)10-16(18)19/h2-9,14H,10,17H2,1H3,(H,18,19). The average Bonchev–Trinajstić information content (AvgIpc) is 2.46. The lowest BCUT2D eigenvalue weighted by atomic mass is 9.99. The number of carboxylic acids is 1. The molecule has 1 atom stereocenters. The van der Waals surface area contributed by atoms with E-state index in [0.29, 0.717) is 0 Å². The molecular formula is C16H17NO3. The summed E-state index contributed by atoms with van der Waals surface area (Å²) in [4.78, 5) is 10.7. The second-order valence-corrected chi connectivity index (χ2v) is 4.53. The van der Waals surface area contributed by atoms with Crippen LogP contribution < -0.4 is 10.5 Å². The van der Waals surface area contributed by atoms with Crippen LogP contribution in [0, 0.1) is 0 Å². The Morgan fingerprint density at radius 3 is 2.45 bits per heavy atom. The molecule has 2 aromatic rings. The number of carbonyl (C=O) groups is 1. The average molecular weight is 271 g/mol. The first-order chi connectivity index (χ1) is 9.61. The van der Waals surface area contributed by atoms with Gasteiger partial charge < -0.3 is 15.6 Å². The highest BCUT2D eigenvalue weighted by molar-refractivity contribution is 5.71. The SMILES string of the molecule is COc1ccccc1-c1ccc(C(N)CC(=O)O)cc1. The van der Waals surface area contributed by atoms with E-state index < -0.39 is 12.0 Å². The molecule has 0 saturated heterocycles. The number of carboxylic acid groups (broad SMARTS) is 1. The molecule has 20 heavy (non-hydrogen) atoms. The molecule has 0 fully saturated rings. The van der Waals surface area contributed by atoms with Crippen LogP contribution in [-0.2, 0) is 4.79 Å². The van der Waals surface area contributed by atoms with Gasteiger partial charge in [-0.2, -0.15) is 0 Å². The molecule has 0 saturated carbocycles. The van der Waals surface area contributed by atoms with Gasteiger partial charge in [-0.25, -0.2) is 0 Å². The number of ether oxygens (including phenoxy) is 1. The molecule has 2 rings (SSSR count). The van der Waals surface area contributed by atoms with Crippen LogP contribution in [0.3, 0.4) is 0 Å². The molecule has 1 unspecified atom stereocenters. The first kappa shape index (κ1) is 14.1. The fourth-order valence-electron chi connectivity index (χ4n) is 2.10. The Morgan fingerprint density at radius 1 is 1.20 bits per heavy atom. The number of hydrogen-bond acceptors (Lipinski definition) is 3. The van der Waals surface area contributed by atoms with Crippen molar-refractivity contribution in [2.24, 2.45) is 5.73 Å². The van der Waals surface area contributed by atoms with Gasteiger partial charge in [0.25, 0.3) is 0 Å². The number of benzene rings is 2. The van der Waals surface area contributed by atoms with Crippen molar-refractivity contribution in [3.05, 3.63) is 54.1 Å². The summed E-state index contributed by atoms with van der Waals surface area (Å²) in [5.74, 6) is -0.0959. The Bertz CT molecular complexity index is 593. The van der Waals surface area contributed by atoms with Crippen LogP contribution in [0.1, 0.15) is 18.0 Å². The van der Waals surface area contributed by atoms with E-state index in [1.54, 1.807) is 7.11 Å². The number of hydrogen-bond donors (Lipinski definition) is 2. The molecule has 0 aliphatic carbocycles. The van der Waals surface area contributed by atoms with Crippen LogP contribution in [0.2, 0.25) is 0 Å². The van der Waals surface area contributed by atoms with E-state index in [2.05, 4.69) is 0 Å². The van der Waals surface area contributed by atoms with E-state index in [1.165, 1.54) is 0 Å². The Labute approximate surface area is 117 Å². The summed E-state index contributed by atoms with van der Waals surface area (Å²) in [5.41, 5.74) is 8.65. The molecule has 0 radical (unpaired) electrons. The third kappa shape index (κ3) is 3.16. The minimum absolute atomic E-state index is 0.0754. The number of nitrogens with two attached hydrogens (primary N) is 1. The summed E-state index contributed by atoms with van der Waals surface area (Å²) in [6.45, 7) is 0. The third-order valence-electron chi connectivity index (χ3n) is 3.15. The maximum absolute atomic E-state index is 10.7. The van der Waals surface area contributed by atoms with Crippen LogP contribution in [-0.4, -0.2) is 18.2 Å². The quantitative estimate of drug-likeness (QED) is 0.877. The number of methoxy groups -OCH3 is 1. The fraction of sp³-hybridized carbons (Fsp3) is 0.188. The van der Waals surface area contributed by atoms with E-state index in [0.717, 1.165) is 22.4 Å². The van der Waals surface area contributed by atoms with E-state index in [9.17, 15) is 4.79 Å². The molecule has 104 valence electrons. The number of rotatable bonds is 5.